The Labute approximate surface area is 178 Å². The van der Waals surface area contributed by atoms with Gasteiger partial charge in [-0.1, -0.05) is 54.6 Å². The molecule has 3 rings (SSSR count). The largest absolute Gasteiger partial charge is 0.488 e. The van der Waals surface area contributed by atoms with Gasteiger partial charge in [-0.25, -0.2) is 4.39 Å². The number of thiocarbonyl (C=S) groups is 1. The Hall–Kier alpha value is -3.78. The molecule has 30 heavy (non-hydrogen) atoms. The third-order valence-electron chi connectivity index (χ3n) is 4.00. The smallest absolute Gasteiger partial charge is 0.273 e. The minimum atomic E-state index is -0.730. The summed E-state index contributed by atoms with van der Waals surface area (Å²) in [6.07, 6.45) is 0. The molecule has 8 heteroatoms. The normalized spacial score (nSPS) is 10.0. The van der Waals surface area contributed by atoms with Crippen LogP contribution in [0.2, 0.25) is 0 Å². The van der Waals surface area contributed by atoms with Crippen LogP contribution < -0.4 is 20.9 Å². The lowest BCUT2D eigenvalue weighted by atomic mass is 10.2. The lowest BCUT2D eigenvalue weighted by Crippen LogP contribution is -2.48. The van der Waals surface area contributed by atoms with E-state index in [0.717, 1.165) is 5.56 Å². The molecule has 3 N–H and O–H groups in total. The molecule has 0 bridgehead atoms. The van der Waals surface area contributed by atoms with E-state index in [-0.39, 0.29) is 16.2 Å². The van der Waals surface area contributed by atoms with Gasteiger partial charge in [0.05, 0.1) is 11.1 Å². The Kier molecular flexibility index (Phi) is 7.07. The molecule has 0 heterocycles. The van der Waals surface area contributed by atoms with E-state index in [9.17, 15) is 14.0 Å². The fraction of sp³-hybridized carbons (Fsp3) is 0.0455. The summed E-state index contributed by atoms with van der Waals surface area (Å²) in [4.78, 5) is 24.6. The van der Waals surface area contributed by atoms with Crippen molar-refractivity contribution in [1.29, 1.82) is 0 Å². The molecule has 0 saturated carbocycles. The van der Waals surface area contributed by atoms with Crippen LogP contribution in [0, 0.1) is 5.82 Å². The number of hydrogen-bond acceptors (Lipinski definition) is 4. The zero-order valence-electron chi connectivity index (χ0n) is 15.7. The second-order valence-corrected chi connectivity index (χ2v) is 6.52. The summed E-state index contributed by atoms with van der Waals surface area (Å²) in [6, 6.07) is 21.8. The monoisotopic (exact) mass is 423 g/mol. The van der Waals surface area contributed by atoms with E-state index in [1.54, 1.807) is 24.3 Å². The van der Waals surface area contributed by atoms with E-state index in [2.05, 4.69) is 16.2 Å². The molecule has 0 aliphatic carbocycles. The number of halogens is 1. The first kappa shape index (κ1) is 20.9. The number of carbonyl (C=O) groups excluding carboxylic acids is 2. The number of hydrogen-bond donors (Lipinski definition) is 3. The number of ether oxygens (including phenoxy) is 1. The number of hydrazine groups is 1. The maximum absolute atomic E-state index is 13.7. The van der Waals surface area contributed by atoms with E-state index >= 15 is 0 Å². The van der Waals surface area contributed by atoms with Gasteiger partial charge in [-0.3, -0.25) is 25.8 Å². The van der Waals surface area contributed by atoms with E-state index in [1.165, 1.54) is 24.3 Å². The number of benzene rings is 3. The summed E-state index contributed by atoms with van der Waals surface area (Å²) in [6.45, 7) is 0.301. The number of rotatable bonds is 5. The van der Waals surface area contributed by atoms with E-state index < -0.39 is 17.6 Å². The molecule has 0 fully saturated rings. The fourth-order valence-electron chi connectivity index (χ4n) is 2.54. The molecule has 3 aromatic carbocycles. The average molecular weight is 423 g/mol. The molecule has 0 radical (unpaired) electrons. The summed E-state index contributed by atoms with van der Waals surface area (Å²) in [5.41, 5.74) is 5.90. The van der Waals surface area contributed by atoms with E-state index in [0.29, 0.717) is 12.4 Å². The van der Waals surface area contributed by atoms with E-state index in [1.807, 2.05) is 30.3 Å². The van der Waals surface area contributed by atoms with Gasteiger partial charge in [0, 0.05) is 0 Å². The molecule has 0 atom stereocenters. The Morgan fingerprint density at radius 1 is 0.800 bits per heavy atom. The van der Waals surface area contributed by atoms with Crippen LogP contribution in [0.3, 0.4) is 0 Å². The summed E-state index contributed by atoms with van der Waals surface area (Å²) in [7, 11) is 0. The molecule has 0 saturated heterocycles. The van der Waals surface area contributed by atoms with Crippen molar-refractivity contribution < 1.29 is 18.7 Å². The molecular formula is C22H18FN3O3S. The number of para-hydroxylation sites is 1. The van der Waals surface area contributed by atoms with Crippen LogP contribution in [-0.2, 0) is 6.61 Å². The van der Waals surface area contributed by atoms with Crippen LogP contribution in [0.15, 0.2) is 78.9 Å². The Morgan fingerprint density at radius 2 is 1.43 bits per heavy atom. The Balaban J connectivity index is 1.56. The average Bonchev–Trinajstić information content (AvgIpc) is 2.77. The zero-order valence-corrected chi connectivity index (χ0v) is 16.5. The van der Waals surface area contributed by atoms with Gasteiger partial charge in [0.1, 0.15) is 18.2 Å². The first-order chi connectivity index (χ1) is 14.5. The Bertz CT molecular complexity index is 1060. The quantitative estimate of drug-likeness (QED) is 0.433. The van der Waals surface area contributed by atoms with Crippen LogP contribution in [0.25, 0.3) is 0 Å². The SMILES string of the molecule is O=C(NC(=S)NNC(=O)c1ccccc1OCc1ccccc1)c1ccccc1F. The number of carbonyl (C=O) groups is 2. The van der Waals surface area contributed by atoms with Gasteiger partial charge in [0.15, 0.2) is 5.11 Å². The first-order valence-corrected chi connectivity index (χ1v) is 9.37. The third-order valence-corrected chi connectivity index (χ3v) is 4.21. The number of nitrogens with one attached hydrogen (secondary N) is 3. The lowest BCUT2D eigenvalue weighted by molar-refractivity contribution is 0.0930. The van der Waals surface area contributed by atoms with Crippen molar-refractivity contribution in [2.45, 2.75) is 6.61 Å². The molecular weight excluding hydrogens is 405 g/mol. The van der Waals surface area contributed by atoms with Crippen LogP contribution in [0.5, 0.6) is 5.75 Å². The van der Waals surface area contributed by atoms with Crippen LogP contribution in [-0.4, -0.2) is 16.9 Å². The minimum Gasteiger partial charge on any atom is -0.488 e. The second kappa shape index (κ2) is 10.1. The molecule has 3 aromatic rings. The van der Waals surface area contributed by atoms with Gasteiger partial charge < -0.3 is 4.74 Å². The summed E-state index contributed by atoms with van der Waals surface area (Å²) < 4.78 is 19.4. The predicted octanol–water partition coefficient (Wildman–Crippen LogP) is 3.35. The molecule has 0 aliphatic rings. The van der Waals surface area contributed by atoms with Crippen molar-refractivity contribution in [1.82, 2.24) is 16.2 Å². The highest BCUT2D eigenvalue weighted by molar-refractivity contribution is 7.80. The standard InChI is InChI=1S/C22H18FN3O3S/c23-18-12-6-4-10-16(18)20(27)24-22(30)26-25-21(28)17-11-5-7-13-19(17)29-14-15-8-2-1-3-9-15/h1-13H,14H2,(H,25,28)(H2,24,26,27,30). The fourth-order valence-corrected chi connectivity index (χ4v) is 2.69. The van der Waals surface area contributed by atoms with Gasteiger partial charge in [0.25, 0.3) is 11.8 Å². The van der Waals surface area contributed by atoms with Gasteiger partial charge in [0.2, 0.25) is 0 Å². The van der Waals surface area contributed by atoms with Gasteiger partial charge in [-0.05, 0) is 42.0 Å². The zero-order chi connectivity index (χ0) is 21.3. The highest BCUT2D eigenvalue weighted by atomic mass is 32.1. The molecule has 0 unspecified atom stereocenters. The maximum Gasteiger partial charge on any atom is 0.273 e. The van der Waals surface area contributed by atoms with Crippen molar-refractivity contribution in [3.63, 3.8) is 0 Å². The molecule has 152 valence electrons. The van der Waals surface area contributed by atoms with Gasteiger partial charge in [-0.2, -0.15) is 0 Å². The van der Waals surface area contributed by atoms with Crippen LogP contribution >= 0.6 is 12.2 Å². The summed E-state index contributed by atoms with van der Waals surface area (Å²) >= 11 is 4.98. The van der Waals surface area contributed by atoms with E-state index in [4.69, 9.17) is 17.0 Å². The molecule has 2 amide bonds. The predicted molar refractivity (Wildman–Crippen MR) is 114 cm³/mol. The highest BCUT2D eigenvalue weighted by Gasteiger charge is 2.15. The number of amides is 2. The molecule has 0 aromatic heterocycles. The summed E-state index contributed by atoms with van der Waals surface area (Å²) in [5.74, 6) is -1.53. The molecule has 0 aliphatic heterocycles. The van der Waals surface area contributed by atoms with Crippen molar-refractivity contribution >= 4 is 29.1 Å². The minimum absolute atomic E-state index is 0.160. The van der Waals surface area contributed by atoms with Gasteiger partial charge in [-0.15, -0.1) is 0 Å². The first-order valence-electron chi connectivity index (χ1n) is 8.96. The summed E-state index contributed by atoms with van der Waals surface area (Å²) in [5, 5.41) is 2.12. The lowest BCUT2D eigenvalue weighted by Gasteiger charge is -2.14. The second-order valence-electron chi connectivity index (χ2n) is 6.11. The van der Waals surface area contributed by atoms with Crippen LogP contribution in [0.1, 0.15) is 26.3 Å². The topological polar surface area (TPSA) is 79.5 Å². The van der Waals surface area contributed by atoms with Gasteiger partial charge >= 0.3 is 0 Å². The van der Waals surface area contributed by atoms with Crippen molar-refractivity contribution in [2.24, 2.45) is 0 Å². The van der Waals surface area contributed by atoms with Crippen molar-refractivity contribution in [3.8, 4) is 5.75 Å². The highest BCUT2D eigenvalue weighted by Crippen LogP contribution is 2.19. The van der Waals surface area contributed by atoms with Crippen molar-refractivity contribution in [2.75, 3.05) is 0 Å². The van der Waals surface area contributed by atoms with Crippen molar-refractivity contribution in [3.05, 3.63) is 101 Å². The molecule has 0 spiro atoms. The van der Waals surface area contributed by atoms with Crippen LogP contribution in [0.4, 0.5) is 4.39 Å². The third kappa shape index (κ3) is 5.62. The Morgan fingerprint density at radius 3 is 2.17 bits per heavy atom. The molecule has 6 nitrogen and oxygen atoms in total. The maximum atomic E-state index is 13.7.